The number of nitrogens with two attached hydrogens (primary N) is 1. The van der Waals surface area contributed by atoms with Gasteiger partial charge >= 0.3 is 0 Å². The van der Waals surface area contributed by atoms with Crippen molar-refractivity contribution in [1.29, 1.82) is 0 Å². The molecular weight excluding hydrogens is 518 g/mol. The number of amides is 1. The first-order valence-electron chi connectivity index (χ1n) is 11.8. The normalized spacial score (nSPS) is 10.9. The van der Waals surface area contributed by atoms with Gasteiger partial charge in [0.15, 0.2) is 0 Å². The molecule has 0 aliphatic rings. The zero-order valence-electron chi connectivity index (χ0n) is 20.2. The molecule has 38 heavy (non-hydrogen) atoms. The molecular formula is C28H24ClN7OS. The van der Waals surface area contributed by atoms with Crippen molar-refractivity contribution >= 4 is 46.2 Å². The number of H-pyrrole nitrogens is 1. The van der Waals surface area contributed by atoms with E-state index in [9.17, 15) is 4.79 Å². The maximum absolute atomic E-state index is 13.3. The Morgan fingerprint density at radius 1 is 1.00 bits per heavy atom. The van der Waals surface area contributed by atoms with E-state index in [2.05, 4.69) is 37.7 Å². The zero-order chi connectivity index (χ0) is 25.2. The Balaban J connectivity index is 0.00000294. The molecule has 0 radical (unpaired) electrons. The van der Waals surface area contributed by atoms with Gasteiger partial charge in [-0.1, -0.05) is 48.5 Å². The van der Waals surface area contributed by atoms with E-state index in [1.165, 1.54) is 16.9 Å². The first kappa shape index (κ1) is 25.3. The van der Waals surface area contributed by atoms with Crippen LogP contribution in [0.15, 0.2) is 90.7 Å². The molecule has 10 heteroatoms. The molecule has 0 saturated carbocycles. The third-order valence-corrected chi connectivity index (χ3v) is 7.00. The fraction of sp³-hybridized carbons (Fsp3) is 0.0714. The molecule has 0 saturated heterocycles. The Kier molecular flexibility index (Phi) is 7.32. The Morgan fingerprint density at radius 3 is 2.68 bits per heavy atom. The van der Waals surface area contributed by atoms with Crippen molar-refractivity contribution in [2.75, 3.05) is 5.32 Å². The highest BCUT2D eigenvalue weighted by Crippen LogP contribution is 2.33. The third kappa shape index (κ3) is 5.21. The summed E-state index contributed by atoms with van der Waals surface area (Å²) in [5.74, 6) is -0.283. The first-order valence-corrected chi connectivity index (χ1v) is 12.6. The minimum atomic E-state index is -0.283. The molecule has 0 bridgehead atoms. The number of aromatic amines is 1. The van der Waals surface area contributed by atoms with E-state index in [1.54, 1.807) is 17.8 Å². The number of hydrogen-bond donors (Lipinski definition) is 3. The topological polar surface area (TPSA) is 115 Å². The van der Waals surface area contributed by atoms with Gasteiger partial charge in [-0.3, -0.25) is 14.6 Å². The predicted octanol–water partition coefficient (Wildman–Crippen LogP) is 5.73. The predicted molar refractivity (Wildman–Crippen MR) is 154 cm³/mol. The van der Waals surface area contributed by atoms with Crippen LogP contribution in [0.2, 0.25) is 0 Å². The number of aromatic nitrogens is 5. The number of carbonyl (C=O) groups is 1. The number of thiazole rings is 1. The number of halogens is 1. The van der Waals surface area contributed by atoms with Crippen LogP contribution in [0.5, 0.6) is 0 Å². The number of benzene rings is 3. The van der Waals surface area contributed by atoms with Gasteiger partial charge in [-0.15, -0.1) is 23.7 Å². The second kappa shape index (κ2) is 11.0. The molecule has 8 nitrogen and oxygen atoms in total. The van der Waals surface area contributed by atoms with Gasteiger partial charge < -0.3 is 11.1 Å². The fourth-order valence-electron chi connectivity index (χ4n) is 4.23. The quantitative estimate of drug-likeness (QED) is 0.239. The first-order chi connectivity index (χ1) is 18.2. The smallest absolute Gasteiger partial charge is 0.275 e. The SMILES string of the molecule is Cl.NCc1cccc(-c2cc3cn[nH]c3cc2NC(=O)c2csc(-c3cnn(Cc4ccccc4)c3)n2)c1. The highest BCUT2D eigenvalue weighted by molar-refractivity contribution is 7.13. The van der Waals surface area contributed by atoms with Crippen LogP contribution in [-0.2, 0) is 13.1 Å². The number of anilines is 1. The monoisotopic (exact) mass is 541 g/mol. The number of hydrogen-bond acceptors (Lipinski definition) is 6. The summed E-state index contributed by atoms with van der Waals surface area (Å²) < 4.78 is 1.87. The number of nitrogens with one attached hydrogen (secondary N) is 2. The molecule has 3 aromatic carbocycles. The summed E-state index contributed by atoms with van der Waals surface area (Å²) in [5.41, 5.74) is 12.6. The van der Waals surface area contributed by atoms with E-state index in [0.29, 0.717) is 24.5 Å². The average Bonchev–Trinajstić information content (AvgIpc) is 3.69. The number of carbonyl (C=O) groups excluding carboxylic acids is 1. The Bertz CT molecular complexity index is 1710. The van der Waals surface area contributed by atoms with Crippen molar-refractivity contribution < 1.29 is 4.79 Å². The summed E-state index contributed by atoms with van der Waals surface area (Å²) in [7, 11) is 0. The van der Waals surface area contributed by atoms with Gasteiger partial charge in [0, 0.05) is 34.6 Å². The fourth-order valence-corrected chi connectivity index (χ4v) is 5.00. The Hall–Kier alpha value is -4.31. The maximum Gasteiger partial charge on any atom is 0.275 e. The second-order valence-electron chi connectivity index (χ2n) is 8.66. The Labute approximate surface area is 229 Å². The zero-order valence-corrected chi connectivity index (χ0v) is 21.8. The maximum atomic E-state index is 13.3. The number of rotatable bonds is 7. The van der Waals surface area contributed by atoms with Crippen LogP contribution in [0, 0.1) is 0 Å². The molecule has 6 aromatic rings. The molecule has 4 N–H and O–H groups in total. The van der Waals surface area contributed by atoms with Crippen LogP contribution in [0.1, 0.15) is 21.6 Å². The molecule has 3 aromatic heterocycles. The van der Waals surface area contributed by atoms with Crippen molar-refractivity contribution in [1.82, 2.24) is 25.0 Å². The summed E-state index contributed by atoms with van der Waals surface area (Å²) in [6.45, 7) is 1.11. The molecule has 0 aliphatic carbocycles. The molecule has 0 unspecified atom stereocenters. The van der Waals surface area contributed by atoms with Gasteiger partial charge in [0.2, 0.25) is 0 Å². The van der Waals surface area contributed by atoms with Crippen molar-refractivity contribution in [3.05, 3.63) is 108 Å². The minimum absolute atomic E-state index is 0. The van der Waals surface area contributed by atoms with Crippen molar-refractivity contribution in [2.45, 2.75) is 13.1 Å². The highest BCUT2D eigenvalue weighted by Gasteiger charge is 2.17. The van der Waals surface area contributed by atoms with E-state index in [1.807, 2.05) is 65.5 Å². The van der Waals surface area contributed by atoms with Crippen LogP contribution in [0.3, 0.4) is 0 Å². The van der Waals surface area contributed by atoms with Gasteiger partial charge in [0.1, 0.15) is 10.7 Å². The summed E-state index contributed by atoms with van der Waals surface area (Å²) in [5, 5.41) is 18.1. The second-order valence-corrected chi connectivity index (χ2v) is 9.52. The summed E-state index contributed by atoms with van der Waals surface area (Å²) in [6, 6.07) is 22.0. The van der Waals surface area contributed by atoms with Gasteiger partial charge in [-0.05, 0) is 34.9 Å². The number of nitrogens with zero attached hydrogens (tertiary/aromatic N) is 4. The summed E-state index contributed by atoms with van der Waals surface area (Å²) in [6.07, 6.45) is 5.49. The van der Waals surface area contributed by atoms with Crippen LogP contribution >= 0.6 is 23.7 Å². The van der Waals surface area contributed by atoms with Gasteiger partial charge in [0.05, 0.1) is 30.1 Å². The van der Waals surface area contributed by atoms with E-state index in [-0.39, 0.29) is 18.3 Å². The molecule has 6 rings (SSSR count). The van der Waals surface area contributed by atoms with Gasteiger partial charge in [-0.25, -0.2) is 4.98 Å². The molecule has 0 aliphatic heterocycles. The number of fused-ring (bicyclic) bond motifs is 1. The lowest BCUT2D eigenvalue weighted by Gasteiger charge is -2.12. The lowest BCUT2D eigenvalue weighted by molar-refractivity contribution is 0.102. The molecule has 3 heterocycles. The van der Waals surface area contributed by atoms with E-state index < -0.39 is 0 Å². The van der Waals surface area contributed by atoms with Crippen LogP contribution in [-0.4, -0.2) is 30.9 Å². The standard InChI is InChI=1S/C28H23N7OS.ClH/c29-12-19-7-4-8-20(9-19)23-10-21-13-30-34-24(21)11-25(23)32-27(36)26-17-37-28(33-26)22-14-31-35(16-22)15-18-5-2-1-3-6-18;/h1-11,13-14,16-17H,12,15,29H2,(H,30,34)(H,32,36);1H. The van der Waals surface area contributed by atoms with E-state index >= 15 is 0 Å². The van der Waals surface area contributed by atoms with Crippen LogP contribution < -0.4 is 11.1 Å². The molecule has 0 atom stereocenters. The van der Waals surface area contributed by atoms with E-state index in [0.717, 1.165) is 38.2 Å². The van der Waals surface area contributed by atoms with Crippen molar-refractivity contribution in [2.24, 2.45) is 5.73 Å². The highest BCUT2D eigenvalue weighted by atomic mass is 35.5. The van der Waals surface area contributed by atoms with Crippen LogP contribution in [0.4, 0.5) is 5.69 Å². The third-order valence-electron chi connectivity index (χ3n) is 6.10. The van der Waals surface area contributed by atoms with Gasteiger partial charge in [0.25, 0.3) is 5.91 Å². The van der Waals surface area contributed by atoms with E-state index in [4.69, 9.17) is 5.73 Å². The van der Waals surface area contributed by atoms with Crippen molar-refractivity contribution in [3.8, 4) is 21.7 Å². The largest absolute Gasteiger partial charge is 0.326 e. The van der Waals surface area contributed by atoms with Gasteiger partial charge in [-0.2, -0.15) is 10.2 Å². The molecule has 0 spiro atoms. The molecule has 1 amide bonds. The summed E-state index contributed by atoms with van der Waals surface area (Å²) in [4.78, 5) is 17.8. The Morgan fingerprint density at radius 2 is 1.84 bits per heavy atom. The molecule has 0 fully saturated rings. The lowest BCUT2D eigenvalue weighted by Crippen LogP contribution is -2.13. The van der Waals surface area contributed by atoms with Crippen LogP contribution in [0.25, 0.3) is 32.6 Å². The lowest BCUT2D eigenvalue weighted by atomic mass is 9.99. The van der Waals surface area contributed by atoms with Crippen molar-refractivity contribution in [3.63, 3.8) is 0 Å². The minimum Gasteiger partial charge on any atom is -0.326 e. The molecule has 190 valence electrons. The average molecular weight is 542 g/mol. The summed E-state index contributed by atoms with van der Waals surface area (Å²) >= 11 is 1.42.